The van der Waals surface area contributed by atoms with E-state index in [-0.39, 0.29) is 11.4 Å². The fraction of sp³-hybridized carbons (Fsp3) is 0.235. The van der Waals surface area contributed by atoms with Crippen molar-refractivity contribution in [3.8, 4) is 5.88 Å². The number of nitrogens with zero attached hydrogens (tertiary/aromatic N) is 2. The van der Waals surface area contributed by atoms with Crippen molar-refractivity contribution in [3.63, 3.8) is 0 Å². The highest BCUT2D eigenvalue weighted by molar-refractivity contribution is 5.67. The number of nitrogens with one attached hydrogen (secondary N) is 1. The molecule has 2 aromatic rings. The maximum atomic E-state index is 12.1. The molecule has 0 bridgehead atoms. The van der Waals surface area contributed by atoms with Gasteiger partial charge in [0.25, 0.3) is 5.56 Å². The van der Waals surface area contributed by atoms with Gasteiger partial charge in [0.15, 0.2) is 0 Å². The molecule has 23 heavy (non-hydrogen) atoms. The fourth-order valence-electron chi connectivity index (χ4n) is 2.55. The Morgan fingerprint density at radius 1 is 1.22 bits per heavy atom. The van der Waals surface area contributed by atoms with Gasteiger partial charge < -0.3 is 5.11 Å². The lowest BCUT2D eigenvalue weighted by Gasteiger charge is -2.23. The summed E-state index contributed by atoms with van der Waals surface area (Å²) in [6, 6.07) is 7.56. The van der Waals surface area contributed by atoms with Crippen molar-refractivity contribution in [1.82, 2.24) is 9.55 Å². The number of fused-ring (bicyclic) bond motifs is 1. The molecule has 0 fully saturated rings. The number of H-pyrrole nitrogens is 1. The molecule has 2 heterocycles. The topological polar surface area (TPSA) is 87.4 Å². The van der Waals surface area contributed by atoms with Gasteiger partial charge in [0, 0.05) is 10.8 Å². The first kappa shape index (κ1) is 15.0. The van der Waals surface area contributed by atoms with Gasteiger partial charge >= 0.3 is 5.69 Å². The molecule has 1 aromatic heterocycles. The molecule has 0 amide bonds. The summed E-state index contributed by atoms with van der Waals surface area (Å²) in [5.74, 6) is -0.363. The van der Waals surface area contributed by atoms with Crippen molar-refractivity contribution in [3.05, 3.63) is 66.9 Å². The Bertz CT molecular complexity index is 1010. The molecule has 1 aliphatic heterocycles. The maximum Gasteiger partial charge on any atom is 0.331 e. The van der Waals surface area contributed by atoms with Crippen molar-refractivity contribution >= 4 is 12.2 Å². The minimum absolute atomic E-state index is 0.0160. The summed E-state index contributed by atoms with van der Waals surface area (Å²) in [6.07, 6.45) is 3.30. The molecule has 1 aromatic carbocycles. The Morgan fingerprint density at radius 2 is 1.91 bits per heavy atom. The number of benzene rings is 1. The molecule has 0 saturated carbocycles. The lowest BCUT2D eigenvalue weighted by molar-refractivity contribution is 0.305. The fourth-order valence-corrected chi connectivity index (χ4v) is 2.55. The first-order valence-corrected chi connectivity index (χ1v) is 7.23. The van der Waals surface area contributed by atoms with Crippen LogP contribution >= 0.6 is 0 Å². The van der Waals surface area contributed by atoms with Gasteiger partial charge in [-0.2, -0.15) is 0 Å². The third-order valence-corrected chi connectivity index (χ3v) is 3.57. The number of hydrogen-bond acceptors (Lipinski definition) is 4. The lowest BCUT2D eigenvalue weighted by Crippen LogP contribution is -2.39. The number of aromatic amines is 1. The largest absolute Gasteiger partial charge is 0.494 e. The molecule has 6 nitrogen and oxygen atoms in total. The Hall–Kier alpha value is -2.89. The Morgan fingerprint density at radius 3 is 2.57 bits per heavy atom. The number of allylic oxidation sites excluding steroid dienone is 1. The van der Waals surface area contributed by atoms with Crippen LogP contribution in [-0.4, -0.2) is 14.7 Å². The zero-order valence-corrected chi connectivity index (χ0v) is 13.1. The smallest absolute Gasteiger partial charge is 0.331 e. The SMILES string of the molecule is CC(C)(C)n1c(O)c(C=C2C=c3ccccc3=N2)c(=O)[nH]c1=O. The summed E-state index contributed by atoms with van der Waals surface area (Å²) in [6.45, 7) is 5.31. The summed E-state index contributed by atoms with van der Waals surface area (Å²) in [7, 11) is 0. The molecule has 1 aliphatic rings. The predicted molar refractivity (Wildman–Crippen MR) is 87.6 cm³/mol. The predicted octanol–water partition coefficient (Wildman–Crippen LogP) is 0.452. The first-order valence-electron chi connectivity index (χ1n) is 7.23. The van der Waals surface area contributed by atoms with Crippen molar-refractivity contribution in [1.29, 1.82) is 0 Å². The highest BCUT2D eigenvalue weighted by atomic mass is 16.3. The van der Waals surface area contributed by atoms with Crippen LogP contribution in [0.2, 0.25) is 0 Å². The Labute approximate surface area is 131 Å². The van der Waals surface area contributed by atoms with Crippen LogP contribution in [0.3, 0.4) is 0 Å². The second kappa shape index (κ2) is 5.08. The number of para-hydroxylation sites is 1. The number of aromatic nitrogens is 2. The van der Waals surface area contributed by atoms with E-state index in [9.17, 15) is 14.7 Å². The summed E-state index contributed by atoms with van der Waals surface area (Å²) < 4.78 is 1.16. The molecule has 0 aliphatic carbocycles. The van der Waals surface area contributed by atoms with Crippen LogP contribution < -0.4 is 21.8 Å². The highest BCUT2D eigenvalue weighted by Gasteiger charge is 2.22. The van der Waals surface area contributed by atoms with Gasteiger partial charge in [0.2, 0.25) is 5.88 Å². The van der Waals surface area contributed by atoms with Crippen LogP contribution in [0, 0.1) is 0 Å². The van der Waals surface area contributed by atoms with E-state index < -0.39 is 16.8 Å². The molecule has 6 heteroatoms. The first-order chi connectivity index (χ1) is 10.8. The van der Waals surface area contributed by atoms with Crippen LogP contribution in [0.4, 0.5) is 0 Å². The van der Waals surface area contributed by atoms with Gasteiger partial charge in [-0.15, -0.1) is 0 Å². The lowest BCUT2D eigenvalue weighted by atomic mass is 10.1. The van der Waals surface area contributed by atoms with Crippen molar-refractivity contribution in [2.24, 2.45) is 4.99 Å². The zero-order chi connectivity index (χ0) is 16.8. The summed E-state index contributed by atoms with van der Waals surface area (Å²) in [5, 5.41) is 12.2. The summed E-state index contributed by atoms with van der Waals surface area (Å²) >= 11 is 0. The minimum atomic E-state index is -0.669. The number of aromatic hydroxyl groups is 1. The van der Waals surface area contributed by atoms with Gasteiger partial charge in [-0.05, 0) is 39.0 Å². The monoisotopic (exact) mass is 311 g/mol. The van der Waals surface area contributed by atoms with E-state index in [0.29, 0.717) is 5.70 Å². The van der Waals surface area contributed by atoms with E-state index in [1.807, 2.05) is 30.3 Å². The molecule has 0 unspecified atom stereocenters. The van der Waals surface area contributed by atoms with Crippen LogP contribution in [0.15, 0.2) is 44.5 Å². The number of hydrogen-bond donors (Lipinski definition) is 2. The molecule has 2 N–H and O–H groups in total. The van der Waals surface area contributed by atoms with E-state index in [1.54, 1.807) is 20.8 Å². The average Bonchev–Trinajstić information content (AvgIpc) is 2.84. The van der Waals surface area contributed by atoms with E-state index >= 15 is 0 Å². The van der Waals surface area contributed by atoms with Gasteiger partial charge in [-0.1, -0.05) is 18.2 Å². The summed E-state index contributed by atoms with van der Waals surface area (Å²) in [5.41, 5.74) is -1.38. The van der Waals surface area contributed by atoms with E-state index in [4.69, 9.17) is 0 Å². The van der Waals surface area contributed by atoms with Crippen molar-refractivity contribution in [2.45, 2.75) is 26.3 Å². The van der Waals surface area contributed by atoms with E-state index in [0.717, 1.165) is 15.1 Å². The quantitative estimate of drug-likeness (QED) is 0.801. The minimum Gasteiger partial charge on any atom is -0.494 e. The molecule has 118 valence electrons. The van der Waals surface area contributed by atoms with Crippen molar-refractivity contribution < 1.29 is 5.11 Å². The van der Waals surface area contributed by atoms with Crippen LogP contribution in [0.25, 0.3) is 12.2 Å². The molecule has 0 saturated heterocycles. The molecule has 0 spiro atoms. The van der Waals surface area contributed by atoms with Gasteiger partial charge in [0.05, 0.1) is 11.1 Å². The van der Waals surface area contributed by atoms with Gasteiger partial charge in [-0.25, -0.2) is 9.79 Å². The molecule has 0 radical (unpaired) electrons. The number of rotatable bonds is 1. The van der Waals surface area contributed by atoms with Crippen LogP contribution in [0.5, 0.6) is 5.88 Å². The molecular weight excluding hydrogens is 294 g/mol. The van der Waals surface area contributed by atoms with Crippen molar-refractivity contribution in [2.75, 3.05) is 0 Å². The normalized spacial score (nSPS) is 15.2. The maximum absolute atomic E-state index is 12.1. The zero-order valence-electron chi connectivity index (χ0n) is 13.1. The van der Waals surface area contributed by atoms with Crippen LogP contribution in [-0.2, 0) is 5.54 Å². The standard InChI is InChI=1S/C17H17N3O3/c1-17(2,3)20-15(22)12(14(21)19-16(20)23)9-11-8-10-6-4-5-7-13(10)18-11/h4-9,22H,1-3H3,(H,19,21,23). The second-order valence-corrected chi connectivity index (χ2v) is 6.39. The average molecular weight is 311 g/mol. The summed E-state index contributed by atoms with van der Waals surface area (Å²) in [4.78, 5) is 30.7. The molecular formula is C17H17N3O3. The van der Waals surface area contributed by atoms with Crippen LogP contribution in [0.1, 0.15) is 26.3 Å². The van der Waals surface area contributed by atoms with E-state index in [2.05, 4.69) is 9.98 Å². The second-order valence-electron chi connectivity index (χ2n) is 6.39. The van der Waals surface area contributed by atoms with Gasteiger partial charge in [0.1, 0.15) is 5.56 Å². The Kier molecular flexibility index (Phi) is 3.32. The van der Waals surface area contributed by atoms with E-state index in [1.165, 1.54) is 6.08 Å². The van der Waals surface area contributed by atoms with Gasteiger partial charge in [-0.3, -0.25) is 14.3 Å². The highest BCUT2D eigenvalue weighted by Crippen LogP contribution is 2.22. The third kappa shape index (κ3) is 2.63. The molecule has 3 rings (SSSR count). The third-order valence-electron chi connectivity index (χ3n) is 3.57. The Balaban J connectivity index is 2.23. The molecule has 0 atom stereocenters.